The molecule has 79 heavy (non-hydrogen) atoms. The first-order valence-corrected chi connectivity index (χ1v) is 26.2. The lowest BCUT2D eigenvalue weighted by Gasteiger charge is -2.25. The minimum absolute atomic E-state index is 0.615. The summed E-state index contributed by atoms with van der Waals surface area (Å²) in [4.78, 5) is 20.7. The molecule has 6 aromatic heterocycles. The molecular weight excluding hydrogens is 985 g/mol. The number of nitrogens with zero attached hydrogens (tertiary/aromatic N) is 10. The highest BCUT2D eigenvalue weighted by molar-refractivity contribution is 5.87. The van der Waals surface area contributed by atoms with Crippen molar-refractivity contribution >= 4 is 45.1 Å². The van der Waals surface area contributed by atoms with Crippen molar-refractivity contribution in [3.05, 3.63) is 210 Å². The van der Waals surface area contributed by atoms with Gasteiger partial charge < -0.3 is 37.3 Å². The molecule has 0 aliphatic heterocycles. The molecule has 0 spiro atoms. The van der Waals surface area contributed by atoms with Gasteiger partial charge in [0, 0.05) is 119 Å². The molecule has 6 heterocycles. The van der Waals surface area contributed by atoms with Crippen LogP contribution in [-0.4, -0.2) is 56.1 Å². The molecule has 0 aliphatic carbocycles. The number of anilines is 6. The van der Waals surface area contributed by atoms with Crippen molar-refractivity contribution in [1.82, 2.24) is 35.0 Å². The Morgan fingerprint density at radius 2 is 1.10 bits per heavy atom. The van der Waals surface area contributed by atoms with Gasteiger partial charge in [-0.1, -0.05) is 45.8 Å². The summed E-state index contributed by atoms with van der Waals surface area (Å²) in [5, 5.41) is 13.8. The quantitative estimate of drug-likeness (QED) is 0.102. The molecule has 6 aromatic carbocycles. The number of hydrogen-bond donors (Lipinski definition) is 0. The van der Waals surface area contributed by atoms with E-state index < -0.39 is 0 Å². The first-order valence-electron chi connectivity index (χ1n) is 26.2. The zero-order chi connectivity index (χ0) is 54.6. The molecule has 0 amide bonds. The Morgan fingerprint density at radius 1 is 0.506 bits per heavy atom. The van der Waals surface area contributed by atoms with Crippen LogP contribution in [0.5, 0.6) is 0 Å². The molecule has 0 bridgehead atoms. The molecule has 392 valence electrons. The van der Waals surface area contributed by atoms with E-state index in [0.717, 1.165) is 158 Å². The maximum atomic E-state index is 5.66. The first-order chi connectivity index (χ1) is 38.3. The van der Waals surface area contributed by atoms with Gasteiger partial charge >= 0.3 is 0 Å². The summed E-state index contributed by atoms with van der Waals surface area (Å²) in [5.74, 6) is 2.27. The van der Waals surface area contributed by atoms with Crippen molar-refractivity contribution in [2.75, 3.05) is 35.8 Å². The number of oxazole rings is 1. The smallest absolute Gasteiger partial charge is 0.181 e. The van der Waals surface area contributed by atoms with E-state index in [9.17, 15) is 0 Å². The maximum Gasteiger partial charge on any atom is 0.181 e. The lowest BCUT2D eigenvalue weighted by Crippen LogP contribution is -2.12. The second-order valence-electron chi connectivity index (χ2n) is 20.3. The number of hydrogen-bond acceptors (Lipinski definition) is 13. The molecule has 0 fully saturated rings. The van der Waals surface area contributed by atoms with Crippen LogP contribution in [0, 0.1) is 48.5 Å². The van der Waals surface area contributed by atoms with Crippen molar-refractivity contribution in [2.45, 2.75) is 54.9 Å². The van der Waals surface area contributed by atoms with E-state index in [1.165, 1.54) is 6.39 Å². The van der Waals surface area contributed by atoms with Crippen molar-refractivity contribution in [1.29, 1.82) is 0 Å². The SMILES string of the molecule is Cc1cc2c(C)noc2cc1N(C)c1ccc(-n2cnc(Cc3ccc(-c4c(C)noc4C)cc3N(C)c3ccc(-c4ccc(-c5cc(-c6c(C)noc6C)cc(N(C)c6ccc(-c7cnco7)cc6)c5C)nc4)cc3)c2)cc1. The van der Waals surface area contributed by atoms with Crippen LogP contribution in [-0.2, 0) is 6.42 Å². The summed E-state index contributed by atoms with van der Waals surface area (Å²) in [7, 11) is 6.27. The van der Waals surface area contributed by atoms with E-state index in [1.54, 1.807) is 6.20 Å². The number of pyridine rings is 1. The molecule has 0 saturated heterocycles. The zero-order valence-corrected chi connectivity index (χ0v) is 45.8. The van der Waals surface area contributed by atoms with Crippen LogP contribution in [0.4, 0.5) is 34.1 Å². The number of fused-ring (bicyclic) bond motifs is 1. The predicted octanol–water partition coefficient (Wildman–Crippen LogP) is 15.8. The van der Waals surface area contributed by atoms with Crippen molar-refractivity contribution < 1.29 is 18.0 Å². The lowest BCUT2D eigenvalue weighted by molar-refractivity contribution is 0.393. The highest BCUT2D eigenvalue weighted by atomic mass is 16.5. The summed E-state index contributed by atoms with van der Waals surface area (Å²) in [6, 6.07) is 44.9. The predicted molar refractivity (Wildman–Crippen MR) is 312 cm³/mol. The van der Waals surface area contributed by atoms with Crippen LogP contribution in [0.3, 0.4) is 0 Å². The van der Waals surface area contributed by atoms with Gasteiger partial charge in [-0.3, -0.25) is 4.98 Å². The molecule has 0 saturated carbocycles. The topological polar surface area (TPSA) is 145 Å². The fourth-order valence-electron chi connectivity index (χ4n) is 10.9. The Kier molecular flexibility index (Phi) is 12.8. The van der Waals surface area contributed by atoms with Crippen LogP contribution in [0.25, 0.3) is 72.6 Å². The second-order valence-corrected chi connectivity index (χ2v) is 20.3. The number of benzene rings is 6. The monoisotopic (exact) mass is 1040 g/mol. The maximum absolute atomic E-state index is 5.66. The molecule has 0 atom stereocenters. The highest BCUT2D eigenvalue weighted by Gasteiger charge is 2.22. The highest BCUT2D eigenvalue weighted by Crippen LogP contribution is 2.42. The normalized spacial score (nSPS) is 11.5. The Morgan fingerprint density at radius 3 is 1.73 bits per heavy atom. The third-order valence-electron chi connectivity index (χ3n) is 15.3. The molecular formula is C65H58N10O4. The Labute approximate surface area is 458 Å². The van der Waals surface area contributed by atoms with Crippen molar-refractivity contribution in [2.24, 2.45) is 0 Å². The standard InChI is InChI=1S/C65H58N10O4/c1-38-27-57-40(3)69-79-62(57)32-59(38)72(8)54-22-24-55(25-23-54)75-35-51(68-36-75)28-47-11-12-48(64-41(4)70-77-43(64)6)30-61(47)74(10)53-18-13-45(14-19-53)49-17-26-58(67-33-49)56-29-50(65-42(5)71-78-44(65)7)31-60(39(56)2)73(9)52-20-15-46(16-21-52)63-34-66-37-76-63/h11-27,29-37H,28H2,1-10H3. The minimum Gasteiger partial charge on any atom is -0.444 e. The first kappa shape index (κ1) is 50.0. The molecule has 0 aliphatic rings. The summed E-state index contributed by atoms with van der Waals surface area (Å²) >= 11 is 0. The van der Waals surface area contributed by atoms with Gasteiger partial charge in [0.25, 0.3) is 0 Å². The minimum atomic E-state index is 0.615. The lowest BCUT2D eigenvalue weighted by atomic mass is 9.94. The number of aromatic nitrogens is 7. The van der Waals surface area contributed by atoms with E-state index in [0.29, 0.717) is 6.42 Å². The van der Waals surface area contributed by atoms with Crippen LogP contribution in [0.15, 0.2) is 177 Å². The van der Waals surface area contributed by atoms with Gasteiger partial charge in [-0.15, -0.1) is 0 Å². The molecule has 12 aromatic rings. The number of aryl methyl sites for hydroxylation is 6. The van der Waals surface area contributed by atoms with E-state index in [2.05, 4.69) is 196 Å². The van der Waals surface area contributed by atoms with Gasteiger partial charge in [-0.2, -0.15) is 0 Å². The van der Waals surface area contributed by atoms with Gasteiger partial charge in [-0.05, 0) is 173 Å². The molecule has 12 rings (SSSR count). The summed E-state index contributed by atoms with van der Waals surface area (Å²) < 4.78 is 24.5. The fourth-order valence-corrected chi connectivity index (χ4v) is 10.9. The van der Waals surface area contributed by atoms with E-state index >= 15 is 0 Å². The van der Waals surface area contributed by atoms with Crippen molar-refractivity contribution in [3.8, 4) is 61.6 Å². The third-order valence-corrected chi connectivity index (χ3v) is 15.3. The molecule has 0 unspecified atom stereocenters. The summed E-state index contributed by atoms with van der Waals surface area (Å²) in [6.45, 7) is 14.1. The van der Waals surface area contributed by atoms with Crippen LogP contribution < -0.4 is 14.7 Å². The zero-order valence-electron chi connectivity index (χ0n) is 45.8. The van der Waals surface area contributed by atoms with Gasteiger partial charge in [0.1, 0.15) is 11.5 Å². The van der Waals surface area contributed by atoms with E-state index in [4.69, 9.17) is 28.0 Å². The molecule has 14 nitrogen and oxygen atoms in total. The van der Waals surface area contributed by atoms with Gasteiger partial charge in [0.05, 0.1) is 41.0 Å². The number of rotatable bonds is 14. The summed E-state index contributed by atoms with van der Waals surface area (Å²) in [5.41, 5.74) is 23.9. The molecule has 0 radical (unpaired) electrons. The average Bonchev–Trinajstić information content (AvgIpc) is 4.45. The largest absolute Gasteiger partial charge is 0.444 e. The van der Waals surface area contributed by atoms with Crippen LogP contribution in [0.2, 0.25) is 0 Å². The second kappa shape index (κ2) is 20.3. The summed E-state index contributed by atoms with van der Waals surface area (Å²) in [6.07, 6.45) is 9.74. The molecule has 14 heteroatoms. The van der Waals surface area contributed by atoms with Gasteiger partial charge in [0.15, 0.2) is 17.7 Å². The Balaban J connectivity index is 0.803. The van der Waals surface area contributed by atoms with E-state index in [-0.39, 0.29) is 0 Å². The van der Waals surface area contributed by atoms with Gasteiger partial charge in [0.2, 0.25) is 0 Å². The van der Waals surface area contributed by atoms with Gasteiger partial charge in [-0.25, -0.2) is 9.97 Å². The number of imidazole rings is 1. The fraction of sp³-hybridized carbons (Fsp3) is 0.169. The third kappa shape index (κ3) is 9.41. The van der Waals surface area contributed by atoms with E-state index in [1.807, 2.05) is 59.3 Å². The van der Waals surface area contributed by atoms with Crippen LogP contribution >= 0.6 is 0 Å². The van der Waals surface area contributed by atoms with Crippen LogP contribution in [0.1, 0.15) is 51.0 Å². The Hall–Kier alpha value is -9.82. The van der Waals surface area contributed by atoms with Crippen molar-refractivity contribution in [3.63, 3.8) is 0 Å². The molecule has 0 N–H and O–H groups in total. The Bertz CT molecular complexity index is 4130. The average molecular weight is 1040 g/mol.